The summed E-state index contributed by atoms with van der Waals surface area (Å²) in [6, 6.07) is 12.8. The first-order valence-electron chi connectivity index (χ1n) is 9.63. The van der Waals surface area contributed by atoms with Crippen molar-refractivity contribution in [1.82, 2.24) is 4.98 Å². The molecule has 0 amide bonds. The Bertz CT molecular complexity index is 1200. The minimum Gasteiger partial charge on any atom is -0.476 e. The van der Waals surface area contributed by atoms with Crippen molar-refractivity contribution >= 4 is 57.1 Å². The van der Waals surface area contributed by atoms with Gasteiger partial charge in [-0.25, -0.2) is 19.2 Å². The van der Waals surface area contributed by atoms with Gasteiger partial charge < -0.3 is 10.8 Å². The van der Waals surface area contributed by atoms with Crippen LogP contribution in [0.3, 0.4) is 0 Å². The predicted molar refractivity (Wildman–Crippen MR) is 131 cm³/mol. The number of benzene rings is 2. The molecule has 1 aromatic heterocycles. The van der Waals surface area contributed by atoms with E-state index in [1.807, 2.05) is 12.1 Å². The molecule has 5 nitrogen and oxygen atoms in total. The van der Waals surface area contributed by atoms with Gasteiger partial charge in [0.1, 0.15) is 5.82 Å². The number of hydrogen-bond acceptors (Lipinski definition) is 6. The number of aliphatic imine (C=N–C) groups is 1. The number of carboxylic acids is 1. The third-order valence-corrected chi connectivity index (χ3v) is 6.61. The van der Waals surface area contributed by atoms with Gasteiger partial charge in [-0.05, 0) is 36.8 Å². The molecule has 0 atom stereocenters. The van der Waals surface area contributed by atoms with Crippen LogP contribution >= 0.6 is 34.7 Å². The van der Waals surface area contributed by atoms with E-state index < -0.39 is 11.8 Å². The number of carbonyl (C=O) groups is 1. The highest BCUT2D eigenvalue weighted by Gasteiger charge is 2.22. The number of rotatable bonds is 7. The lowest BCUT2D eigenvalue weighted by Crippen LogP contribution is -2.18. The van der Waals surface area contributed by atoms with E-state index in [4.69, 9.17) is 17.3 Å². The molecule has 3 rings (SSSR count). The zero-order valence-electron chi connectivity index (χ0n) is 17.6. The Labute approximate surface area is 198 Å². The minimum absolute atomic E-state index is 0.151. The molecule has 0 bridgehead atoms. The van der Waals surface area contributed by atoms with E-state index in [1.54, 1.807) is 36.9 Å². The maximum atomic E-state index is 13.8. The molecule has 0 unspecified atom stereocenters. The number of halogens is 2. The molecule has 3 N–H and O–H groups in total. The van der Waals surface area contributed by atoms with E-state index in [9.17, 15) is 14.3 Å². The fraction of sp³-hybridized carbons (Fsp3) is 0.174. The second-order valence-corrected chi connectivity index (χ2v) is 10.4. The lowest BCUT2D eigenvalue weighted by Gasteiger charge is -2.10. The summed E-state index contributed by atoms with van der Waals surface area (Å²) in [5.41, 5.74) is 7.95. The Balaban J connectivity index is 2.15. The van der Waals surface area contributed by atoms with E-state index in [2.05, 4.69) is 23.8 Å². The summed E-state index contributed by atoms with van der Waals surface area (Å²) in [6.07, 6.45) is 0. The Kier molecular flexibility index (Phi) is 7.71. The monoisotopic (exact) mass is 489 g/mol. The largest absolute Gasteiger partial charge is 0.476 e. The highest BCUT2D eigenvalue weighted by atomic mass is 35.5. The molecule has 3 aromatic rings. The molecule has 166 valence electrons. The summed E-state index contributed by atoms with van der Waals surface area (Å²) >= 11 is 8.92. The van der Waals surface area contributed by atoms with Gasteiger partial charge in [0.2, 0.25) is 5.13 Å². The molecule has 0 aliphatic heterocycles. The number of carboxylic acid groups (broad SMARTS) is 1. The van der Waals surface area contributed by atoms with Crippen LogP contribution in [-0.4, -0.2) is 27.0 Å². The molecular formula is C23H21ClFN3O2S2. The Morgan fingerprint density at radius 2 is 1.94 bits per heavy atom. The average Bonchev–Trinajstić information content (AvgIpc) is 3.09. The van der Waals surface area contributed by atoms with E-state index in [1.165, 1.54) is 29.5 Å². The van der Waals surface area contributed by atoms with Gasteiger partial charge in [-0.1, -0.05) is 61.1 Å². The Morgan fingerprint density at radius 3 is 2.50 bits per heavy atom. The van der Waals surface area contributed by atoms with Crippen LogP contribution < -0.4 is 5.73 Å². The molecule has 9 heteroatoms. The molecule has 0 saturated heterocycles. The van der Waals surface area contributed by atoms with E-state index in [0.29, 0.717) is 16.3 Å². The lowest BCUT2D eigenvalue weighted by atomic mass is 9.99. The lowest BCUT2D eigenvalue weighted by molar-refractivity contribution is -0.129. The van der Waals surface area contributed by atoms with Gasteiger partial charge in [0, 0.05) is 27.1 Å². The van der Waals surface area contributed by atoms with Gasteiger partial charge in [-0.2, -0.15) is 0 Å². The van der Waals surface area contributed by atoms with Gasteiger partial charge in [0.05, 0.1) is 9.90 Å². The molecule has 0 spiro atoms. The summed E-state index contributed by atoms with van der Waals surface area (Å²) < 4.78 is 14.7. The van der Waals surface area contributed by atoms with Crippen molar-refractivity contribution in [3.05, 3.63) is 70.6 Å². The van der Waals surface area contributed by atoms with Crippen LogP contribution in [0.1, 0.15) is 26.3 Å². The number of thiazole rings is 1. The van der Waals surface area contributed by atoms with Crippen LogP contribution in [0.4, 0.5) is 9.52 Å². The van der Waals surface area contributed by atoms with Crippen LogP contribution in [0.2, 0.25) is 5.02 Å². The maximum Gasteiger partial charge on any atom is 0.355 e. The van der Waals surface area contributed by atoms with Crippen molar-refractivity contribution in [2.75, 3.05) is 0 Å². The summed E-state index contributed by atoms with van der Waals surface area (Å²) in [5, 5.41) is 11.1. The SMILES string of the molecule is CC(N)=C(C(=Nc1nc(-c2ccc(Cl)cc2)c(SC(C)C)s1)C(=O)O)c1cccc(F)c1. The quantitative estimate of drug-likeness (QED) is 0.286. The zero-order valence-corrected chi connectivity index (χ0v) is 20.0. The van der Waals surface area contributed by atoms with Crippen LogP contribution in [0.5, 0.6) is 0 Å². The molecule has 0 fully saturated rings. The van der Waals surface area contributed by atoms with Crippen LogP contribution in [0, 0.1) is 5.82 Å². The molecule has 0 saturated carbocycles. The second kappa shape index (κ2) is 10.3. The van der Waals surface area contributed by atoms with Crippen molar-refractivity contribution < 1.29 is 14.3 Å². The molecule has 1 heterocycles. The van der Waals surface area contributed by atoms with Crippen LogP contribution in [-0.2, 0) is 4.79 Å². The molecule has 0 aliphatic carbocycles. The van der Waals surface area contributed by atoms with Gasteiger partial charge in [-0.3, -0.25) is 0 Å². The summed E-state index contributed by atoms with van der Waals surface area (Å²) in [6.45, 7) is 5.67. The van der Waals surface area contributed by atoms with Gasteiger partial charge in [0.25, 0.3) is 0 Å². The number of aliphatic carboxylic acids is 1. The van der Waals surface area contributed by atoms with Crippen LogP contribution in [0.15, 0.2) is 63.4 Å². The van der Waals surface area contributed by atoms with Gasteiger partial charge in [-0.15, -0.1) is 11.8 Å². The molecular weight excluding hydrogens is 469 g/mol. The molecule has 32 heavy (non-hydrogen) atoms. The van der Waals surface area contributed by atoms with Crippen molar-refractivity contribution in [3.8, 4) is 11.3 Å². The number of hydrogen-bond donors (Lipinski definition) is 2. The number of nitrogens with zero attached hydrogens (tertiary/aromatic N) is 2. The van der Waals surface area contributed by atoms with Crippen LogP contribution in [0.25, 0.3) is 16.8 Å². The molecule has 2 aromatic carbocycles. The van der Waals surface area contributed by atoms with E-state index in [-0.39, 0.29) is 27.4 Å². The normalized spacial score (nSPS) is 12.8. The van der Waals surface area contributed by atoms with Crippen molar-refractivity contribution in [3.63, 3.8) is 0 Å². The highest BCUT2D eigenvalue weighted by Crippen LogP contribution is 2.42. The third-order valence-electron chi connectivity index (χ3n) is 4.20. The third kappa shape index (κ3) is 5.76. The fourth-order valence-corrected chi connectivity index (χ4v) is 5.45. The highest BCUT2D eigenvalue weighted by molar-refractivity contribution is 8.01. The van der Waals surface area contributed by atoms with E-state index in [0.717, 1.165) is 9.77 Å². The topological polar surface area (TPSA) is 88.6 Å². The van der Waals surface area contributed by atoms with Crippen molar-refractivity contribution in [2.24, 2.45) is 10.7 Å². The number of thioether (sulfide) groups is 1. The fourth-order valence-electron chi connectivity index (χ4n) is 2.93. The smallest absolute Gasteiger partial charge is 0.355 e. The van der Waals surface area contributed by atoms with Crippen molar-refractivity contribution in [1.29, 1.82) is 0 Å². The van der Waals surface area contributed by atoms with Gasteiger partial charge in [0.15, 0.2) is 5.71 Å². The summed E-state index contributed by atoms with van der Waals surface area (Å²) in [4.78, 5) is 21.1. The summed E-state index contributed by atoms with van der Waals surface area (Å²) in [5.74, 6) is -1.78. The summed E-state index contributed by atoms with van der Waals surface area (Å²) in [7, 11) is 0. The standard InChI is InChI=1S/C23H21ClFN3O2S2/c1-12(2)31-22-19(14-7-9-16(24)10-8-14)27-23(32-22)28-20(21(29)30)18(13(3)26)15-5-4-6-17(25)11-15/h4-12H,26H2,1-3H3,(H,29,30). The zero-order chi connectivity index (χ0) is 23.4. The Morgan fingerprint density at radius 1 is 1.25 bits per heavy atom. The van der Waals surface area contributed by atoms with Crippen molar-refractivity contribution in [2.45, 2.75) is 30.2 Å². The number of allylic oxidation sites excluding steroid dienone is 1. The van der Waals surface area contributed by atoms with E-state index >= 15 is 0 Å². The number of nitrogens with two attached hydrogens (primary N) is 1. The van der Waals surface area contributed by atoms with Gasteiger partial charge >= 0.3 is 5.97 Å². The molecule has 0 aliphatic rings. The minimum atomic E-state index is -1.28. The average molecular weight is 490 g/mol. The number of aromatic nitrogens is 1. The molecule has 0 radical (unpaired) electrons. The first kappa shape index (κ1) is 24.0. The Hall–Kier alpha value is -2.68. The maximum absolute atomic E-state index is 13.8. The first-order valence-corrected chi connectivity index (χ1v) is 11.7. The second-order valence-electron chi connectivity index (χ2n) is 7.14. The first-order chi connectivity index (χ1) is 15.2. The predicted octanol–water partition coefficient (Wildman–Crippen LogP) is 6.65.